The number of hydrogen-bond acceptors (Lipinski definition) is 1. The van der Waals surface area contributed by atoms with Gasteiger partial charge in [0.15, 0.2) is 0 Å². The van der Waals surface area contributed by atoms with Crippen LogP contribution in [0.4, 0.5) is 17.1 Å². The average molecular weight is 724 g/mol. The monoisotopic (exact) mass is 723 g/mol. The van der Waals surface area contributed by atoms with E-state index in [0.29, 0.717) is 0 Å². The molecular weight excluding hydrogens is 687 g/mol. The molecule has 0 aliphatic carbocycles. The molecule has 0 atom stereocenters. The molecule has 0 heterocycles. The van der Waals surface area contributed by atoms with Crippen LogP contribution in [-0.2, 0) is 0 Å². The average Bonchev–Trinajstić information content (AvgIpc) is 3.29. The van der Waals surface area contributed by atoms with Crippen LogP contribution >= 0.6 is 0 Å². The number of rotatable bonds is 6. The largest absolute Gasteiger partial charge is 0.310 e. The Hall–Kier alpha value is -7.48. The lowest BCUT2D eigenvalue weighted by atomic mass is 9.87. The van der Waals surface area contributed by atoms with Crippen molar-refractivity contribution < 1.29 is 0 Å². The second-order valence-corrected chi connectivity index (χ2v) is 14.9. The van der Waals surface area contributed by atoms with Crippen molar-refractivity contribution >= 4 is 70.9 Å². The van der Waals surface area contributed by atoms with E-state index in [1.165, 1.54) is 87.2 Å². The Morgan fingerprint density at radius 1 is 0.228 bits per heavy atom. The van der Waals surface area contributed by atoms with E-state index in [4.69, 9.17) is 0 Å². The quantitative estimate of drug-likeness (QED) is 0.154. The van der Waals surface area contributed by atoms with Gasteiger partial charge < -0.3 is 4.90 Å². The third kappa shape index (κ3) is 5.63. The molecule has 0 aliphatic rings. The van der Waals surface area contributed by atoms with Gasteiger partial charge in [0.2, 0.25) is 0 Å². The zero-order chi connectivity index (χ0) is 37.7. The maximum Gasteiger partial charge on any atom is 0.0546 e. The van der Waals surface area contributed by atoms with E-state index in [0.717, 1.165) is 17.1 Å². The van der Waals surface area contributed by atoms with Crippen LogP contribution in [-0.4, -0.2) is 0 Å². The highest BCUT2D eigenvalue weighted by atomic mass is 15.1. The first-order chi connectivity index (χ1) is 28.3. The van der Waals surface area contributed by atoms with Crippen LogP contribution in [0.25, 0.3) is 87.2 Å². The summed E-state index contributed by atoms with van der Waals surface area (Å²) >= 11 is 0. The molecule has 11 aromatic rings. The summed E-state index contributed by atoms with van der Waals surface area (Å²) in [5, 5.41) is 12.5. The van der Waals surface area contributed by atoms with Crippen molar-refractivity contribution in [1.29, 1.82) is 0 Å². The lowest BCUT2D eigenvalue weighted by molar-refractivity contribution is 1.30. The van der Waals surface area contributed by atoms with Gasteiger partial charge in [0.1, 0.15) is 0 Å². The maximum atomic E-state index is 2.47. The van der Waals surface area contributed by atoms with Crippen LogP contribution in [0.3, 0.4) is 0 Å². The van der Waals surface area contributed by atoms with E-state index >= 15 is 0 Å². The fourth-order valence-corrected chi connectivity index (χ4v) is 8.95. The maximum absolute atomic E-state index is 2.47. The molecule has 0 bridgehead atoms. The molecule has 1 nitrogen and oxygen atoms in total. The lowest BCUT2D eigenvalue weighted by Crippen LogP contribution is -2.11. The molecule has 0 spiro atoms. The zero-order valence-corrected chi connectivity index (χ0v) is 31.3. The first-order valence-corrected chi connectivity index (χ1v) is 19.7. The lowest BCUT2D eigenvalue weighted by Gasteiger charge is -2.29. The van der Waals surface area contributed by atoms with Gasteiger partial charge in [-0.15, -0.1) is 0 Å². The summed E-state index contributed by atoms with van der Waals surface area (Å²) in [6, 6.07) is 82.2. The summed E-state index contributed by atoms with van der Waals surface area (Å²) < 4.78 is 0. The minimum absolute atomic E-state index is 1.09. The number of benzene rings is 11. The van der Waals surface area contributed by atoms with E-state index in [1.807, 2.05) is 0 Å². The van der Waals surface area contributed by atoms with Gasteiger partial charge in [0.05, 0.1) is 5.69 Å². The first-order valence-electron chi connectivity index (χ1n) is 19.7. The zero-order valence-electron chi connectivity index (χ0n) is 31.3. The smallest absolute Gasteiger partial charge is 0.0546 e. The summed E-state index contributed by atoms with van der Waals surface area (Å²) in [6.45, 7) is 0. The number of fused-ring (bicyclic) bond motifs is 8. The molecule has 266 valence electrons. The molecule has 0 fully saturated rings. The molecule has 57 heavy (non-hydrogen) atoms. The van der Waals surface area contributed by atoms with Gasteiger partial charge in [-0.2, -0.15) is 0 Å². The molecule has 11 rings (SSSR count). The summed E-state index contributed by atoms with van der Waals surface area (Å²) in [4.78, 5) is 2.47. The topological polar surface area (TPSA) is 3.24 Å². The molecule has 0 aliphatic heterocycles. The second kappa shape index (κ2) is 13.7. The third-order valence-corrected chi connectivity index (χ3v) is 11.6. The van der Waals surface area contributed by atoms with Crippen LogP contribution in [0, 0.1) is 0 Å². The minimum atomic E-state index is 1.09. The first kappa shape index (κ1) is 32.9. The van der Waals surface area contributed by atoms with E-state index in [2.05, 4.69) is 229 Å². The highest BCUT2D eigenvalue weighted by Crippen LogP contribution is 2.47. The summed E-state index contributed by atoms with van der Waals surface area (Å²) in [5.41, 5.74) is 10.5. The molecule has 0 N–H and O–H groups in total. The summed E-state index contributed by atoms with van der Waals surface area (Å²) in [7, 11) is 0. The van der Waals surface area contributed by atoms with Gasteiger partial charge in [-0.1, -0.05) is 188 Å². The Balaban J connectivity index is 1.24. The van der Waals surface area contributed by atoms with Crippen molar-refractivity contribution in [3.8, 4) is 33.4 Å². The van der Waals surface area contributed by atoms with E-state index < -0.39 is 0 Å². The van der Waals surface area contributed by atoms with Gasteiger partial charge >= 0.3 is 0 Å². The van der Waals surface area contributed by atoms with Gasteiger partial charge in [0.25, 0.3) is 0 Å². The number of nitrogens with zero attached hydrogens (tertiary/aromatic N) is 1. The van der Waals surface area contributed by atoms with E-state index in [-0.39, 0.29) is 0 Å². The Kier molecular flexibility index (Phi) is 7.89. The second-order valence-electron chi connectivity index (χ2n) is 14.9. The highest BCUT2D eigenvalue weighted by molar-refractivity contribution is 6.22. The van der Waals surface area contributed by atoms with Crippen LogP contribution in [0.5, 0.6) is 0 Å². The van der Waals surface area contributed by atoms with Crippen molar-refractivity contribution in [2.24, 2.45) is 0 Å². The Bertz CT molecular complexity index is 3290. The Morgan fingerprint density at radius 3 is 1.53 bits per heavy atom. The normalized spacial score (nSPS) is 11.5. The van der Waals surface area contributed by atoms with E-state index in [9.17, 15) is 0 Å². The summed E-state index contributed by atoms with van der Waals surface area (Å²) in [5.74, 6) is 0. The number of hydrogen-bond donors (Lipinski definition) is 0. The van der Waals surface area contributed by atoms with Crippen molar-refractivity contribution in [3.63, 3.8) is 0 Å². The summed E-state index contributed by atoms with van der Waals surface area (Å²) in [6.07, 6.45) is 0. The van der Waals surface area contributed by atoms with Crippen molar-refractivity contribution in [3.05, 3.63) is 224 Å². The van der Waals surface area contributed by atoms with Gasteiger partial charge in [-0.3, -0.25) is 0 Å². The molecule has 0 saturated carbocycles. The van der Waals surface area contributed by atoms with E-state index in [1.54, 1.807) is 0 Å². The molecule has 1 heteroatoms. The van der Waals surface area contributed by atoms with Crippen molar-refractivity contribution in [2.45, 2.75) is 0 Å². The third-order valence-electron chi connectivity index (χ3n) is 11.6. The van der Waals surface area contributed by atoms with Crippen LogP contribution in [0.2, 0.25) is 0 Å². The fraction of sp³-hybridized carbons (Fsp3) is 0. The Labute approximate surface area is 332 Å². The molecule has 0 saturated heterocycles. The predicted molar refractivity (Wildman–Crippen MR) is 245 cm³/mol. The fourth-order valence-electron chi connectivity index (χ4n) is 8.95. The van der Waals surface area contributed by atoms with Crippen LogP contribution < -0.4 is 4.90 Å². The van der Waals surface area contributed by atoms with Crippen LogP contribution in [0.1, 0.15) is 0 Å². The molecular formula is C56H37N. The van der Waals surface area contributed by atoms with Gasteiger partial charge in [-0.25, -0.2) is 0 Å². The molecule has 11 aromatic carbocycles. The van der Waals surface area contributed by atoms with Crippen molar-refractivity contribution in [1.82, 2.24) is 0 Å². The molecule has 0 aromatic heterocycles. The number of anilines is 3. The van der Waals surface area contributed by atoms with Crippen LogP contribution in [0.15, 0.2) is 224 Å². The van der Waals surface area contributed by atoms with Gasteiger partial charge in [-0.05, 0) is 118 Å². The minimum Gasteiger partial charge on any atom is -0.310 e. The molecule has 0 amide bonds. The van der Waals surface area contributed by atoms with Crippen molar-refractivity contribution in [2.75, 3.05) is 4.90 Å². The SMILES string of the molecule is c1ccc(-c2cccc(N(c3ccc(-c4ccccc4)c(-c4cc5c6ccccc6ccc5c5ccccc45)c3)c3cc4ccccc4c4ccccc34)c2)cc1. The predicted octanol–water partition coefficient (Wildman–Crippen LogP) is 15.9. The standard InChI is InChI=1S/C56H37N/c1-3-16-38(17-4-1)41-22-15-23-43(34-41)57(56-35-42-21-8-10-25-46(42)48-26-13-14-29-52(48)56)44-31-33-47(39-18-5-2-6-19-39)53(36-44)55-37-54-45-24-9-7-20-40(45)30-32-51(54)49-27-11-12-28-50(49)55/h1-37H. The Morgan fingerprint density at radius 2 is 0.772 bits per heavy atom. The van der Waals surface area contributed by atoms with Gasteiger partial charge in [0, 0.05) is 16.8 Å². The molecule has 0 unspecified atom stereocenters. The molecule has 0 radical (unpaired) electrons. The highest BCUT2D eigenvalue weighted by Gasteiger charge is 2.21.